The van der Waals surface area contributed by atoms with Crippen LogP contribution in [0.5, 0.6) is 0 Å². The van der Waals surface area contributed by atoms with E-state index in [0.717, 1.165) is 12.1 Å². The first-order chi connectivity index (χ1) is 13.5. The largest absolute Gasteiger partial charge is 0.465 e. The smallest absolute Gasteiger partial charge is 0.337 e. The molecule has 7 nitrogen and oxygen atoms in total. The standard InChI is InChI=1S/C19H14F2N4O3/c1-28-18(27)11-3-2-4-14(7-11)24-17(26)12-9-22-19(23-10-12)25-16-6-5-13(20)8-15(16)21/h2-10H,1H3,(H,24,26)(H,22,23,25). The van der Waals surface area contributed by atoms with Gasteiger partial charge in [0.15, 0.2) is 0 Å². The van der Waals surface area contributed by atoms with Crippen LogP contribution in [-0.2, 0) is 4.74 Å². The number of aromatic nitrogens is 2. The van der Waals surface area contributed by atoms with E-state index < -0.39 is 23.5 Å². The van der Waals surface area contributed by atoms with Crippen molar-refractivity contribution in [1.82, 2.24) is 9.97 Å². The van der Waals surface area contributed by atoms with Gasteiger partial charge in [-0.2, -0.15) is 0 Å². The lowest BCUT2D eigenvalue weighted by molar-refractivity contribution is 0.0600. The molecule has 1 amide bonds. The summed E-state index contributed by atoms with van der Waals surface area (Å²) >= 11 is 0. The van der Waals surface area contributed by atoms with Gasteiger partial charge in [-0.1, -0.05) is 6.07 Å². The summed E-state index contributed by atoms with van der Waals surface area (Å²) in [6, 6.07) is 9.27. The van der Waals surface area contributed by atoms with E-state index in [2.05, 4.69) is 25.3 Å². The van der Waals surface area contributed by atoms with Crippen molar-refractivity contribution in [2.24, 2.45) is 0 Å². The Kier molecular flexibility index (Phi) is 5.54. The van der Waals surface area contributed by atoms with Crippen LogP contribution in [0.25, 0.3) is 0 Å². The van der Waals surface area contributed by atoms with E-state index in [-0.39, 0.29) is 22.8 Å². The quantitative estimate of drug-likeness (QED) is 0.654. The topological polar surface area (TPSA) is 93.2 Å². The van der Waals surface area contributed by atoms with Crippen LogP contribution in [0.3, 0.4) is 0 Å². The van der Waals surface area contributed by atoms with Gasteiger partial charge < -0.3 is 15.4 Å². The molecule has 0 aliphatic rings. The van der Waals surface area contributed by atoms with Crippen LogP contribution in [0.2, 0.25) is 0 Å². The highest BCUT2D eigenvalue weighted by Crippen LogP contribution is 2.18. The molecule has 0 bridgehead atoms. The lowest BCUT2D eigenvalue weighted by atomic mass is 10.2. The molecule has 3 rings (SSSR count). The van der Waals surface area contributed by atoms with E-state index in [1.165, 1.54) is 31.6 Å². The first-order valence-electron chi connectivity index (χ1n) is 8.00. The Hall–Kier alpha value is -3.88. The van der Waals surface area contributed by atoms with Crippen molar-refractivity contribution in [3.05, 3.63) is 77.6 Å². The van der Waals surface area contributed by atoms with E-state index >= 15 is 0 Å². The Morgan fingerprint density at radius 1 is 1.00 bits per heavy atom. The minimum Gasteiger partial charge on any atom is -0.465 e. The molecule has 9 heteroatoms. The van der Waals surface area contributed by atoms with Gasteiger partial charge in [-0.15, -0.1) is 0 Å². The molecular formula is C19H14F2N4O3. The Labute approximate surface area is 158 Å². The molecule has 0 radical (unpaired) electrons. The van der Waals surface area contributed by atoms with E-state index in [9.17, 15) is 18.4 Å². The first-order valence-corrected chi connectivity index (χ1v) is 8.00. The van der Waals surface area contributed by atoms with E-state index in [1.807, 2.05) is 0 Å². The zero-order valence-corrected chi connectivity index (χ0v) is 14.6. The molecule has 0 unspecified atom stereocenters. The van der Waals surface area contributed by atoms with Crippen molar-refractivity contribution in [2.75, 3.05) is 17.7 Å². The highest BCUT2D eigenvalue weighted by atomic mass is 19.1. The molecule has 2 N–H and O–H groups in total. The summed E-state index contributed by atoms with van der Waals surface area (Å²) in [5.74, 6) is -2.48. The maximum absolute atomic E-state index is 13.6. The number of nitrogens with one attached hydrogen (secondary N) is 2. The lowest BCUT2D eigenvalue weighted by Crippen LogP contribution is -2.13. The lowest BCUT2D eigenvalue weighted by Gasteiger charge is -2.08. The number of benzene rings is 2. The molecule has 0 aliphatic carbocycles. The maximum Gasteiger partial charge on any atom is 0.337 e. The van der Waals surface area contributed by atoms with Crippen molar-refractivity contribution < 1.29 is 23.1 Å². The summed E-state index contributed by atoms with van der Waals surface area (Å²) in [6.07, 6.45) is 2.49. The molecular weight excluding hydrogens is 370 g/mol. The van der Waals surface area contributed by atoms with Crippen LogP contribution >= 0.6 is 0 Å². The molecule has 3 aromatic rings. The third-order valence-corrected chi connectivity index (χ3v) is 3.63. The van der Waals surface area contributed by atoms with Crippen molar-refractivity contribution >= 4 is 29.2 Å². The predicted octanol–water partition coefficient (Wildman–Crippen LogP) is 3.54. The van der Waals surface area contributed by atoms with Gasteiger partial charge >= 0.3 is 5.97 Å². The number of hydrogen-bond donors (Lipinski definition) is 2. The molecule has 0 saturated carbocycles. The Morgan fingerprint density at radius 2 is 1.75 bits per heavy atom. The molecule has 0 aliphatic heterocycles. The van der Waals surface area contributed by atoms with Crippen LogP contribution in [0.15, 0.2) is 54.9 Å². The maximum atomic E-state index is 13.6. The average molecular weight is 384 g/mol. The monoisotopic (exact) mass is 384 g/mol. The summed E-state index contributed by atoms with van der Waals surface area (Å²) in [5, 5.41) is 5.21. The zero-order valence-electron chi connectivity index (χ0n) is 14.6. The third-order valence-electron chi connectivity index (χ3n) is 3.63. The molecule has 1 aromatic heterocycles. The van der Waals surface area contributed by atoms with Crippen LogP contribution in [-0.4, -0.2) is 29.0 Å². The summed E-state index contributed by atoms with van der Waals surface area (Å²) in [6.45, 7) is 0. The fraction of sp³-hybridized carbons (Fsp3) is 0.0526. The number of esters is 1. The number of ether oxygens (including phenoxy) is 1. The molecule has 28 heavy (non-hydrogen) atoms. The van der Waals surface area contributed by atoms with Gasteiger partial charge in [0.25, 0.3) is 5.91 Å². The normalized spacial score (nSPS) is 10.2. The number of anilines is 3. The molecule has 0 atom stereocenters. The highest BCUT2D eigenvalue weighted by molar-refractivity contribution is 6.04. The Bertz CT molecular complexity index is 1030. The third kappa shape index (κ3) is 4.44. The number of methoxy groups -OCH3 is 1. The van der Waals surface area contributed by atoms with Gasteiger partial charge in [-0.25, -0.2) is 23.5 Å². The van der Waals surface area contributed by atoms with Gasteiger partial charge in [-0.05, 0) is 30.3 Å². The van der Waals surface area contributed by atoms with Gasteiger partial charge in [-0.3, -0.25) is 4.79 Å². The molecule has 0 fully saturated rings. The second-order valence-corrected chi connectivity index (χ2v) is 5.57. The summed E-state index contributed by atoms with van der Waals surface area (Å²) < 4.78 is 31.2. The van der Waals surface area contributed by atoms with E-state index in [0.29, 0.717) is 5.69 Å². The number of nitrogens with zero attached hydrogens (tertiary/aromatic N) is 2. The van der Waals surface area contributed by atoms with Crippen LogP contribution < -0.4 is 10.6 Å². The number of carbonyl (C=O) groups is 2. The van der Waals surface area contributed by atoms with Crippen molar-refractivity contribution in [3.63, 3.8) is 0 Å². The minimum absolute atomic E-state index is 0.00164. The molecule has 142 valence electrons. The van der Waals surface area contributed by atoms with Crippen LogP contribution in [0, 0.1) is 11.6 Å². The van der Waals surface area contributed by atoms with E-state index in [1.54, 1.807) is 18.2 Å². The first kappa shape index (κ1) is 18.9. The molecule has 0 spiro atoms. The number of carbonyl (C=O) groups excluding carboxylic acids is 2. The molecule has 2 aromatic carbocycles. The second-order valence-electron chi connectivity index (χ2n) is 5.57. The number of amides is 1. The fourth-order valence-corrected chi connectivity index (χ4v) is 2.27. The van der Waals surface area contributed by atoms with E-state index in [4.69, 9.17) is 0 Å². The van der Waals surface area contributed by atoms with Crippen molar-refractivity contribution in [1.29, 1.82) is 0 Å². The van der Waals surface area contributed by atoms with Crippen LogP contribution in [0.4, 0.5) is 26.1 Å². The average Bonchev–Trinajstić information content (AvgIpc) is 2.70. The van der Waals surface area contributed by atoms with Gasteiger partial charge in [0.05, 0.1) is 23.9 Å². The zero-order chi connectivity index (χ0) is 20.1. The van der Waals surface area contributed by atoms with Crippen molar-refractivity contribution in [2.45, 2.75) is 0 Å². The number of hydrogen-bond acceptors (Lipinski definition) is 6. The van der Waals surface area contributed by atoms with Gasteiger partial charge in [0, 0.05) is 24.1 Å². The summed E-state index contributed by atoms with van der Waals surface area (Å²) in [5.41, 5.74) is 0.827. The highest BCUT2D eigenvalue weighted by Gasteiger charge is 2.11. The number of rotatable bonds is 5. The Morgan fingerprint density at radius 3 is 2.43 bits per heavy atom. The van der Waals surface area contributed by atoms with Crippen LogP contribution in [0.1, 0.15) is 20.7 Å². The number of halogens is 2. The van der Waals surface area contributed by atoms with Gasteiger partial charge in [0.1, 0.15) is 11.6 Å². The SMILES string of the molecule is COC(=O)c1cccc(NC(=O)c2cnc(Nc3ccc(F)cc3F)nc2)c1. The van der Waals surface area contributed by atoms with Crippen molar-refractivity contribution in [3.8, 4) is 0 Å². The minimum atomic E-state index is -0.795. The van der Waals surface area contributed by atoms with Gasteiger partial charge in [0.2, 0.25) is 5.95 Å². The fourth-order valence-electron chi connectivity index (χ4n) is 2.27. The predicted molar refractivity (Wildman–Crippen MR) is 97.4 cm³/mol. The summed E-state index contributed by atoms with van der Waals surface area (Å²) in [4.78, 5) is 31.7. The molecule has 0 saturated heterocycles. The molecule has 1 heterocycles. The Balaban J connectivity index is 1.69. The summed E-state index contributed by atoms with van der Waals surface area (Å²) in [7, 11) is 1.26. The second kappa shape index (κ2) is 8.21.